The Morgan fingerprint density at radius 1 is 1.14 bits per heavy atom. The van der Waals surface area contributed by atoms with Gasteiger partial charge in [0, 0.05) is 26.1 Å². The van der Waals surface area contributed by atoms with Crippen LogP contribution in [0.3, 0.4) is 0 Å². The van der Waals surface area contributed by atoms with Gasteiger partial charge < -0.3 is 4.55 Å². The molecule has 0 saturated carbocycles. The Balaban J connectivity index is 2.55. The summed E-state index contributed by atoms with van der Waals surface area (Å²) in [6.07, 6.45) is 1.72. The highest BCUT2D eigenvalue weighted by atomic mass is 35.5. The number of unbranched alkanes of at least 4 members (excludes halogenated alkanes) is 1. The summed E-state index contributed by atoms with van der Waals surface area (Å²) in [5, 5.41) is 0.630. The highest BCUT2D eigenvalue weighted by molar-refractivity contribution is 7.92. The number of imide groups is 1. The van der Waals surface area contributed by atoms with Crippen LogP contribution in [0.4, 0.5) is 5.69 Å². The van der Waals surface area contributed by atoms with E-state index in [4.69, 9.17) is 23.2 Å². The van der Waals surface area contributed by atoms with E-state index in [9.17, 15) is 14.1 Å². The molecule has 1 aromatic carbocycles. The Morgan fingerprint density at radius 2 is 1.67 bits per heavy atom. The van der Waals surface area contributed by atoms with Crippen LogP contribution in [0, 0.1) is 0 Å². The van der Waals surface area contributed by atoms with Gasteiger partial charge >= 0.3 is 11.8 Å². The van der Waals surface area contributed by atoms with Gasteiger partial charge in [-0.3, -0.25) is 0 Å². The van der Waals surface area contributed by atoms with E-state index in [0.29, 0.717) is 22.2 Å². The van der Waals surface area contributed by atoms with E-state index >= 15 is 0 Å². The molecule has 2 rings (SSSR count). The smallest absolute Gasteiger partial charge is 0.370 e. The fraction of sp³-hybridized carbons (Fsp3) is 0.429. The molecule has 1 atom stereocenters. The van der Waals surface area contributed by atoms with Crippen molar-refractivity contribution in [3.05, 3.63) is 28.2 Å². The van der Waals surface area contributed by atoms with Crippen LogP contribution in [0.5, 0.6) is 0 Å². The Hall–Kier alpha value is -0.590. The Labute approximate surface area is 136 Å². The molecule has 0 aliphatic carbocycles. The van der Waals surface area contributed by atoms with Gasteiger partial charge in [0.2, 0.25) is 0 Å². The molecule has 0 bridgehead atoms. The van der Waals surface area contributed by atoms with Crippen molar-refractivity contribution in [3.63, 3.8) is 0 Å². The van der Waals surface area contributed by atoms with Crippen molar-refractivity contribution in [2.24, 2.45) is 0 Å². The molecule has 4 nitrogen and oxygen atoms in total. The van der Waals surface area contributed by atoms with Crippen LogP contribution < -0.4 is 3.89 Å². The zero-order chi connectivity index (χ0) is 15.6. The third kappa shape index (κ3) is 2.98. The standard InChI is InChI=1S/C14H16Cl2NO3S/c1-2-3-6-21(20)17(13(18)4-5-14(17)19)12-8-10(15)7-11(16)9-12/h7-9H,2-6H2,1H3/q+1. The Bertz CT molecular complexity index is 543. The minimum Gasteiger partial charge on any atom is -0.565 e. The van der Waals surface area contributed by atoms with Crippen LogP contribution in [0.1, 0.15) is 32.6 Å². The van der Waals surface area contributed by atoms with Crippen LogP contribution in [0.25, 0.3) is 0 Å². The molecule has 7 heteroatoms. The quantitative estimate of drug-likeness (QED) is 0.464. The molecule has 1 aromatic rings. The molecule has 2 amide bonds. The average Bonchev–Trinajstić information content (AvgIpc) is 2.71. The molecule has 21 heavy (non-hydrogen) atoms. The number of hydrogen-bond acceptors (Lipinski definition) is 3. The van der Waals surface area contributed by atoms with Gasteiger partial charge in [-0.15, -0.1) is 0 Å². The first-order valence-corrected chi connectivity index (χ1v) is 8.77. The molecule has 0 aromatic heterocycles. The lowest BCUT2D eigenvalue weighted by Crippen LogP contribution is -2.58. The van der Waals surface area contributed by atoms with Crippen molar-refractivity contribution >= 4 is 52.1 Å². The lowest BCUT2D eigenvalue weighted by Gasteiger charge is -2.27. The first kappa shape index (κ1) is 16.8. The Morgan fingerprint density at radius 3 is 2.14 bits per heavy atom. The first-order chi connectivity index (χ1) is 9.92. The highest BCUT2D eigenvalue weighted by Crippen LogP contribution is 2.39. The van der Waals surface area contributed by atoms with E-state index in [0.717, 1.165) is 6.42 Å². The highest BCUT2D eigenvalue weighted by Gasteiger charge is 2.62. The van der Waals surface area contributed by atoms with Gasteiger partial charge in [0.1, 0.15) is 0 Å². The number of quaternary nitrogens is 1. The normalized spacial score (nSPS) is 19.0. The van der Waals surface area contributed by atoms with E-state index in [1.165, 1.54) is 18.2 Å². The van der Waals surface area contributed by atoms with Gasteiger partial charge in [0.05, 0.1) is 12.8 Å². The summed E-state index contributed by atoms with van der Waals surface area (Å²) >= 11 is 10.3. The van der Waals surface area contributed by atoms with Crippen LogP contribution in [0.15, 0.2) is 18.2 Å². The number of amides is 2. The monoisotopic (exact) mass is 348 g/mol. The zero-order valence-electron chi connectivity index (χ0n) is 11.6. The maximum Gasteiger partial charge on any atom is 0.370 e. The van der Waals surface area contributed by atoms with Gasteiger partial charge in [0.15, 0.2) is 22.8 Å². The van der Waals surface area contributed by atoms with Crippen molar-refractivity contribution in [1.29, 1.82) is 0 Å². The number of nitrogens with zero attached hydrogens (tertiary/aromatic N) is 1. The summed E-state index contributed by atoms with van der Waals surface area (Å²) in [6.45, 7) is 1.96. The maximum absolute atomic E-state index is 12.7. The maximum atomic E-state index is 12.7. The first-order valence-electron chi connectivity index (χ1n) is 6.74. The van der Waals surface area contributed by atoms with E-state index in [1.54, 1.807) is 0 Å². The minimum absolute atomic E-state index is 0.0980. The summed E-state index contributed by atoms with van der Waals surface area (Å²) < 4.78 is 12.0. The van der Waals surface area contributed by atoms with Crippen molar-refractivity contribution in [2.45, 2.75) is 32.6 Å². The van der Waals surface area contributed by atoms with Crippen molar-refractivity contribution in [2.75, 3.05) is 5.75 Å². The summed E-state index contributed by atoms with van der Waals surface area (Å²) in [7, 11) is 0. The minimum atomic E-state index is -1.66. The molecule has 1 aliphatic rings. The molecule has 1 unspecified atom stereocenters. The van der Waals surface area contributed by atoms with Gasteiger partial charge in [-0.05, 0) is 12.5 Å². The molecule has 0 spiro atoms. The summed E-state index contributed by atoms with van der Waals surface area (Å²) in [4.78, 5) is 24.8. The van der Waals surface area contributed by atoms with Crippen molar-refractivity contribution in [1.82, 2.24) is 3.89 Å². The molecule has 1 saturated heterocycles. The number of hydrogen-bond donors (Lipinski definition) is 0. The fourth-order valence-electron chi connectivity index (χ4n) is 2.43. The lowest BCUT2D eigenvalue weighted by molar-refractivity contribution is -0.131. The van der Waals surface area contributed by atoms with Crippen LogP contribution >= 0.6 is 23.2 Å². The van der Waals surface area contributed by atoms with E-state index < -0.39 is 15.3 Å². The predicted molar refractivity (Wildman–Crippen MR) is 85.4 cm³/mol. The van der Waals surface area contributed by atoms with Gasteiger partial charge in [0.25, 0.3) is 0 Å². The predicted octanol–water partition coefficient (Wildman–Crippen LogP) is 3.61. The van der Waals surface area contributed by atoms with E-state index in [2.05, 4.69) is 0 Å². The molecule has 0 radical (unpaired) electrons. The second kappa shape index (κ2) is 6.67. The SMILES string of the molecule is CCCC[S+]([O-])[N+]1(c2cc(Cl)cc(Cl)c2)C(=O)CCC1=O. The second-order valence-corrected chi connectivity index (χ2v) is 7.38. The molecular formula is C14H16Cl2NO3S+. The molecule has 114 valence electrons. The third-order valence-electron chi connectivity index (χ3n) is 3.44. The van der Waals surface area contributed by atoms with E-state index in [1.807, 2.05) is 6.92 Å². The number of benzene rings is 1. The average molecular weight is 349 g/mol. The topological polar surface area (TPSA) is 57.2 Å². The molecule has 1 fully saturated rings. The molecular weight excluding hydrogens is 333 g/mol. The van der Waals surface area contributed by atoms with Crippen LogP contribution in [0.2, 0.25) is 10.0 Å². The summed E-state index contributed by atoms with van der Waals surface area (Å²) in [5.41, 5.74) is 0.300. The molecule has 1 heterocycles. The lowest BCUT2D eigenvalue weighted by atomic mass is 10.3. The Kier molecular flexibility index (Phi) is 5.33. The number of carbonyl (C=O) groups excluding carboxylic acids is 2. The second-order valence-electron chi connectivity index (χ2n) is 4.90. The molecule has 0 N–H and O–H groups in total. The molecule has 1 aliphatic heterocycles. The number of rotatable bonds is 5. The van der Waals surface area contributed by atoms with Gasteiger partial charge in [-0.2, -0.15) is 0 Å². The van der Waals surface area contributed by atoms with Gasteiger partial charge in [-0.1, -0.05) is 36.5 Å². The van der Waals surface area contributed by atoms with Gasteiger partial charge in [-0.25, -0.2) is 9.59 Å². The third-order valence-corrected chi connectivity index (χ3v) is 5.75. The number of halogens is 2. The number of carbonyl (C=O) groups is 2. The fourth-order valence-corrected chi connectivity index (χ4v) is 4.73. The summed E-state index contributed by atoms with van der Waals surface area (Å²) in [6, 6.07) is 4.51. The van der Waals surface area contributed by atoms with E-state index in [-0.39, 0.29) is 30.4 Å². The zero-order valence-corrected chi connectivity index (χ0v) is 13.9. The largest absolute Gasteiger partial charge is 0.565 e. The van der Waals surface area contributed by atoms with Crippen molar-refractivity contribution < 1.29 is 14.1 Å². The van der Waals surface area contributed by atoms with Crippen LogP contribution in [-0.2, 0) is 21.0 Å². The summed E-state index contributed by atoms with van der Waals surface area (Å²) in [5.74, 6) is -0.418. The van der Waals surface area contributed by atoms with Crippen LogP contribution in [-0.4, -0.2) is 22.1 Å². The van der Waals surface area contributed by atoms with Crippen molar-refractivity contribution in [3.8, 4) is 0 Å².